The van der Waals surface area contributed by atoms with E-state index < -0.39 is 11.6 Å². The van der Waals surface area contributed by atoms with Crippen molar-refractivity contribution in [1.82, 2.24) is 9.88 Å². The standard InChI is InChI=1S/C29H27FN4O3S/c1-33(22-7-4-5-8-24(22)37-3)27-23(35)17-29(34(2)28(27)36,19-15-16-38-18-19)25-9-6-10-26(32-25)31-21-13-11-20(30)12-14-21/h4-16,18,27H,17H2,1-3H3,(H,31,32). The number of likely N-dealkylation sites (N-methyl/N-ethyl adjacent to an activating group) is 2. The quantitative estimate of drug-likeness (QED) is 0.331. The van der Waals surface area contributed by atoms with Gasteiger partial charge in [-0.1, -0.05) is 18.2 Å². The first-order valence-corrected chi connectivity index (χ1v) is 13.0. The lowest BCUT2D eigenvalue weighted by atomic mass is 9.76. The van der Waals surface area contributed by atoms with Gasteiger partial charge in [0.05, 0.1) is 18.5 Å². The Balaban J connectivity index is 1.54. The first-order chi connectivity index (χ1) is 18.3. The van der Waals surface area contributed by atoms with Gasteiger partial charge in [0.1, 0.15) is 22.9 Å². The molecule has 9 heteroatoms. The second kappa shape index (κ2) is 10.3. The number of para-hydroxylation sites is 2. The summed E-state index contributed by atoms with van der Waals surface area (Å²) < 4.78 is 18.9. The third kappa shape index (κ3) is 4.39. The molecule has 2 unspecified atom stereocenters. The molecule has 4 aromatic rings. The number of aromatic nitrogens is 1. The van der Waals surface area contributed by atoms with Crippen molar-refractivity contribution in [3.63, 3.8) is 0 Å². The molecule has 194 valence electrons. The summed E-state index contributed by atoms with van der Waals surface area (Å²) in [6.07, 6.45) is 0.0448. The molecule has 38 heavy (non-hydrogen) atoms. The van der Waals surface area contributed by atoms with Crippen LogP contribution in [0.2, 0.25) is 0 Å². The van der Waals surface area contributed by atoms with Crippen molar-refractivity contribution >= 4 is 40.2 Å². The van der Waals surface area contributed by atoms with Crippen LogP contribution >= 0.6 is 11.3 Å². The highest BCUT2D eigenvalue weighted by Gasteiger charge is 2.53. The summed E-state index contributed by atoms with van der Waals surface area (Å²) in [4.78, 5) is 36.0. The summed E-state index contributed by atoms with van der Waals surface area (Å²) in [7, 11) is 5.01. The average molecular weight is 531 g/mol. The third-order valence-corrected chi connectivity index (χ3v) is 7.70. The second-order valence-electron chi connectivity index (χ2n) is 9.14. The minimum atomic E-state index is -1.09. The fraction of sp³-hybridized carbons (Fsp3) is 0.207. The average Bonchev–Trinajstić information content (AvgIpc) is 3.48. The minimum absolute atomic E-state index is 0.0448. The normalized spacial score (nSPS) is 19.4. The number of carbonyl (C=O) groups is 2. The van der Waals surface area contributed by atoms with Gasteiger partial charge in [-0.05, 0) is 70.9 Å². The maximum atomic E-state index is 14.0. The minimum Gasteiger partial charge on any atom is -0.495 e. The predicted molar refractivity (Wildman–Crippen MR) is 147 cm³/mol. The molecular formula is C29H27FN4O3S. The molecule has 0 saturated carbocycles. The van der Waals surface area contributed by atoms with Crippen molar-refractivity contribution in [3.8, 4) is 5.75 Å². The van der Waals surface area contributed by atoms with Crippen LogP contribution in [0.1, 0.15) is 17.7 Å². The maximum Gasteiger partial charge on any atom is 0.253 e. The summed E-state index contributed by atoms with van der Waals surface area (Å²) in [5, 5.41) is 7.06. The van der Waals surface area contributed by atoms with Crippen molar-refractivity contribution in [2.24, 2.45) is 0 Å². The summed E-state index contributed by atoms with van der Waals surface area (Å²) in [5.41, 5.74) is 1.61. The molecule has 0 radical (unpaired) electrons. The number of nitrogens with one attached hydrogen (secondary N) is 1. The van der Waals surface area contributed by atoms with Crippen molar-refractivity contribution in [3.05, 3.63) is 101 Å². The predicted octanol–water partition coefficient (Wildman–Crippen LogP) is 5.21. The lowest BCUT2D eigenvalue weighted by Crippen LogP contribution is -2.63. The molecule has 3 heterocycles. The van der Waals surface area contributed by atoms with Crippen LogP contribution in [-0.2, 0) is 15.1 Å². The van der Waals surface area contributed by atoms with Gasteiger partial charge in [0, 0.05) is 26.2 Å². The van der Waals surface area contributed by atoms with Crippen molar-refractivity contribution < 1.29 is 18.7 Å². The molecule has 2 aromatic heterocycles. The van der Waals surface area contributed by atoms with E-state index in [-0.39, 0.29) is 23.9 Å². The smallest absolute Gasteiger partial charge is 0.253 e. The van der Waals surface area contributed by atoms with Crippen LogP contribution in [0, 0.1) is 5.82 Å². The van der Waals surface area contributed by atoms with E-state index in [9.17, 15) is 14.0 Å². The number of thiophene rings is 1. The molecule has 1 aliphatic rings. The number of Topliss-reactive ketones (excluding diaryl/α,β-unsaturated/α-hetero) is 1. The van der Waals surface area contributed by atoms with Crippen LogP contribution in [0.15, 0.2) is 83.6 Å². The van der Waals surface area contributed by atoms with E-state index in [0.717, 1.165) is 5.56 Å². The van der Waals surface area contributed by atoms with E-state index in [1.54, 1.807) is 55.3 Å². The Labute approximate surface area is 224 Å². The number of ether oxygens (including phenoxy) is 1. The zero-order chi connectivity index (χ0) is 26.9. The number of nitrogens with zero attached hydrogens (tertiary/aromatic N) is 3. The summed E-state index contributed by atoms with van der Waals surface area (Å²) >= 11 is 1.49. The van der Waals surface area contributed by atoms with E-state index in [2.05, 4.69) is 5.32 Å². The van der Waals surface area contributed by atoms with Crippen molar-refractivity contribution in [2.45, 2.75) is 18.0 Å². The maximum absolute atomic E-state index is 14.0. The molecule has 5 rings (SSSR count). The van der Waals surface area contributed by atoms with Crippen LogP contribution in [0.4, 0.5) is 21.6 Å². The monoisotopic (exact) mass is 530 g/mol. The first-order valence-electron chi connectivity index (χ1n) is 12.0. The Kier molecular flexibility index (Phi) is 6.86. The van der Waals surface area contributed by atoms with Crippen molar-refractivity contribution in [1.29, 1.82) is 0 Å². The molecule has 0 bridgehead atoms. The zero-order valence-corrected chi connectivity index (χ0v) is 22.0. The summed E-state index contributed by atoms with van der Waals surface area (Å²) in [6, 6.07) is 19.6. The van der Waals surface area contributed by atoms with Gasteiger partial charge in [-0.3, -0.25) is 9.59 Å². The molecule has 0 aliphatic carbocycles. The van der Waals surface area contributed by atoms with Gasteiger partial charge in [0.25, 0.3) is 5.91 Å². The number of likely N-dealkylation sites (tertiary alicyclic amines) is 1. The van der Waals surface area contributed by atoms with Gasteiger partial charge in [-0.2, -0.15) is 11.3 Å². The number of ketones is 1. The van der Waals surface area contributed by atoms with Gasteiger partial charge in [-0.15, -0.1) is 0 Å². The number of pyridine rings is 1. The number of methoxy groups -OCH3 is 1. The third-order valence-electron chi connectivity index (χ3n) is 7.01. The van der Waals surface area contributed by atoms with Crippen LogP contribution in [0.3, 0.4) is 0 Å². The SMILES string of the molecule is COc1ccccc1N(C)C1C(=O)CC(c2ccsc2)(c2cccc(Nc3ccc(F)cc3)n2)N(C)C1=O. The van der Waals surface area contributed by atoms with E-state index in [1.807, 2.05) is 47.2 Å². The summed E-state index contributed by atoms with van der Waals surface area (Å²) in [6.45, 7) is 0. The molecule has 1 aliphatic heterocycles. The fourth-order valence-electron chi connectivity index (χ4n) is 5.04. The Morgan fingerprint density at radius 3 is 2.55 bits per heavy atom. The van der Waals surface area contributed by atoms with Gasteiger partial charge in [0.2, 0.25) is 0 Å². The molecule has 2 aromatic carbocycles. The molecule has 1 N–H and O–H groups in total. The largest absolute Gasteiger partial charge is 0.495 e. The number of amides is 1. The van der Waals surface area contributed by atoms with Crippen LogP contribution in [-0.4, -0.2) is 48.8 Å². The molecule has 0 spiro atoms. The molecule has 1 fully saturated rings. The highest BCUT2D eigenvalue weighted by Crippen LogP contribution is 2.44. The molecular weight excluding hydrogens is 503 g/mol. The van der Waals surface area contributed by atoms with Crippen LogP contribution in [0.5, 0.6) is 5.75 Å². The highest BCUT2D eigenvalue weighted by atomic mass is 32.1. The van der Waals surface area contributed by atoms with Gasteiger partial charge >= 0.3 is 0 Å². The molecule has 2 atom stereocenters. The van der Waals surface area contributed by atoms with Gasteiger partial charge < -0.3 is 19.9 Å². The van der Waals surface area contributed by atoms with E-state index in [4.69, 9.17) is 9.72 Å². The molecule has 1 amide bonds. The lowest BCUT2D eigenvalue weighted by Gasteiger charge is -2.48. The number of anilines is 3. The number of rotatable bonds is 7. The lowest BCUT2D eigenvalue weighted by molar-refractivity contribution is -0.147. The first kappa shape index (κ1) is 25.4. The van der Waals surface area contributed by atoms with E-state index in [1.165, 1.54) is 23.5 Å². The zero-order valence-electron chi connectivity index (χ0n) is 21.2. The Hall–Kier alpha value is -4.24. The Morgan fingerprint density at radius 2 is 1.84 bits per heavy atom. The Bertz CT molecular complexity index is 1460. The molecule has 1 saturated heterocycles. The number of hydrogen-bond acceptors (Lipinski definition) is 7. The van der Waals surface area contributed by atoms with Gasteiger partial charge in [0.15, 0.2) is 11.8 Å². The second-order valence-corrected chi connectivity index (χ2v) is 9.92. The van der Waals surface area contributed by atoms with E-state index >= 15 is 0 Å². The van der Waals surface area contributed by atoms with Crippen LogP contribution in [0.25, 0.3) is 0 Å². The Morgan fingerprint density at radius 1 is 1.08 bits per heavy atom. The number of benzene rings is 2. The number of hydrogen-bond donors (Lipinski definition) is 1. The van der Waals surface area contributed by atoms with Crippen LogP contribution < -0.4 is 15.0 Å². The van der Waals surface area contributed by atoms with Gasteiger partial charge in [-0.25, -0.2) is 9.37 Å². The topological polar surface area (TPSA) is 74.8 Å². The number of carbonyl (C=O) groups excluding carboxylic acids is 2. The summed E-state index contributed by atoms with van der Waals surface area (Å²) in [5.74, 6) is 0.215. The van der Waals surface area contributed by atoms with E-state index in [0.29, 0.717) is 28.6 Å². The fourth-order valence-corrected chi connectivity index (χ4v) is 5.76. The number of piperidine rings is 1. The molecule has 7 nitrogen and oxygen atoms in total. The number of halogens is 1. The van der Waals surface area contributed by atoms with Crippen molar-refractivity contribution in [2.75, 3.05) is 31.4 Å². The highest BCUT2D eigenvalue weighted by molar-refractivity contribution is 7.08.